The summed E-state index contributed by atoms with van der Waals surface area (Å²) in [5.74, 6) is 3.03. The maximum absolute atomic E-state index is 12.5. The molecule has 0 aromatic heterocycles. The van der Waals surface area contributed by atoms with Crippen molar-refractivity contribution >= 4 is 7.82 Å². The number of likely N-dealkylation sites (N-methyl/N-ethyl adjacent to an activating group) is 1. The number of unbranched alkanes of at least 4 members (excludes halogenated alkanes) is 17. The first-order valence-electron chi connectivity index (χ1n) is 24.3. The number of hydrogen-bond acceptors (Lipinski definition) is 6. The molecule has 0 aromatic rings. The summed E-state index contributed by atoms with van der Waals surface area (Å²) in [6, 6.07) is 0. The quantitative estimate of drug-likeness (QED) is 0.0346. The Labute approximate surface area is 351 Å². The van der Waals surface area contributed by atoms with Crippen LogP contribution < -0.4 is 4.89 Å². The zero-order valence-corrected chi connectivity index (χ0v) is 40.2. The second-order valence-corrected chi connectivity index (χ2v) is 20.9. The number of rotatable bonds is 44. The van der Waals surface area contributed by atoms with Gasteiger partial charge in [-0.05, 0) is 36.5 Å². The molecule has 0 fully saturated rings. The van der Waals surface area contributed by atoms with Crippen molar-refractivity contribution in [1.82, 2.24) is 0 Å². The van der Waals surface area contributed by atoms with E-state index < -0.39 is 13.9 Å². The summed E-state index contributed by atoms with van der Waals surface area (Å²) in [6.07, 6.45) is 36.9. The summed E-state index contributed by atoms with van der Waals surface area (Å²) in [7, 11) is 1.60. The van der Waals surface area contributed by atoms with Gasteiger partial charge in [-0.2, -0.15) is 0 Å². The van der Waals surface area contributed by atoms with Gasteiger partial charge in [0.25, 0.3) is 7.82 Å². The fourth-order valence-corrected chi connectivity index (χ4v) is 8.20. The topological polar surface area (TPSA) is 77.1 Å². The lowest BCUT2D eigenvalue weighted by atomic mass is 9.91. The molecule has 0 aliphatic carbocycles. The van der Waals surface area contributed by atoms with Gasteiger partial charge in [0, 0.05) is 13.2 Å². The van der Waals surface area contributed by atoms with Crippen molar-refractivity contribution in [2.75, 3.05) is 60.7 Å². The average molecular weight is 818 g/mol. The predicted molar refractivity (Wildman–Crippen MR) is 240 cm³/mol. The molecular weight excluding hydrogens is 718 g/mol. The van der Waals surface area contributed by atoms with Crippen LogP contribution in [0.4, 0.5) is 0 Å². The molecule has 0 N–H and O–H groups in total. The number of quaternary nitrogens is 1. The van der Waals surface area contributed by atoms with Crippen LogP contribution in [-0.2, 0) is 23.1 Å². The molecule has 5 atom stereocenters. The lowest BCUT2D eigenvalue weighted by Crippen LogP contribution is -2.37. The van der Waals surface area contributed by atoms with Crippen LogP contribution in [0, 0.1) is 23.7 Å². The van der Waals surface area contributed by atoms with E-state index in [1.54, 1.807) is 0 Å². The summed E-state index contributed by atoms with van der Waals surface area (Å²) in [6.45, 7) is 16.3. The van der Waals surface area contributed by atoms with Gasteiger partial charge >= 0.3 is 0 Å². The Morgan fingerprint density at radius 1 is 0.482 bits per heavy atom. The molecular formula is C48H100NO6P. The van der Waals surface area contributed by atoms with Crippen molar-refractivity contribution in [2.24, 2.45) is 23.7 Å². The third kappa shape index (κ3) is 42.1. The molecule has 0 radical (unpaired) electrons. The van der Waals surface area contributed by atoms with Crippen LogP contribution in [0.15, 0.2) is 0 Å². The van der Waals surface area contributed by atoms with Gasteiger partial charge in [-0.15, -0.1) is 0 Å². The zero-order chi connectivity index (χ0) is 41.8. The van der Waals surface area contributed by atoms with Gasteiger partial charge in [0.2, 0.25) is 0 Å². The zero-order valence-electron chi connectivity index (χ0n) is 39.3. The molecule has 0 amide bonds. The van der Waals surface area contributed by atoms with Gasteiger partial charge in [0.05, 0.1) is 34.4 Å². The second kappa shape index (κ2) is 38.0. The summed E-state index contributed by atoms with van der Waals surface area (Å²) >= 11 is 0. The minimum absolute atomic E-state index is 0.0769. The third-order valence-corrected chi connectivity index (χ3v) is 12.6. The van der Waals surface area contributed by atoms with Crippen LogP contribution in [-0.4, -0.2) is 71.3 Å². The van der Waals surface area contributed by atoms with Gasteiger partial charge in [-0.25, -0.2) is 0 Å². The lowest BCUT2D eigenvalue weighted by Gasteiger charge is -2.28. The lowest BCUT2D eigenvalue weighted by molar-refractivity contribution is -0.870. The number of phosphoric acid groups is 1. The Balaban J connectivity index is 4.25. The maximum Gasteiger partial charge on any atom is 0.268 e. The molecule has 0 saturated heterocycles. The van der Waals surface area contributed by atoms with Gasteiger partial charge in [0.1, 0.15) is 19.3 Å². The van der Waals surface area contributed by atoms with Crippen LogP contribution in [0.5, 0.6) is 0 Å². The first kappa shape index (κ1) is 56.0. The standard InChI is InChI=1S/C48H100NO6P/c1-10-11-12-13-14-15-16-17-18-19-20-21-22-23-24-25-26-27-39-52-42-48(43-55-56(50,51)54-41-38-49(7,8)9)53-40-37-47(6)36-30-35-46(5)34-29-33-45(4)32-28-31-44(2)3/h44-48H,10-43H2,1-9H3/t45-,46-,47+,48-/m1/s1. The second-order valence-electron chi connectivity index (χ2n) is 19.5. The molecule has 0 heterocycles. The summed E-state index contributed by atoms with van der Waals surface area (Å²) in [4.78, 5) is 12.5. The van der Waals surface area contributed by atoms with Crippen molar-refractivity contribution in [3.63, 3.8) is 0 Å². The molecule has 7 nitrogen and oxygen atoms in total. The molecule has 0 aromatic carbocycles. The van der Waals surface area contributed by atoms with E-state index in [0.717, 1.165) is 30.6 Å². The molecule has 8 heteroatoms. The molecule has 0 spiro atoms. The average Bonchev–Trinajstić information content (AvgIpc) is 3.12. The Morgan fingerprint density at radius 2 is 0.893 bits per heavy atom. The van der Waals surface area contributed by atoms with Crippen molar-refractivity contribution < 1.29 is 32.5 Å². The number of phosphoric ester groups is 1. The molecule has 0 bridgehead atoms. The first-order chi connectivity index (χ1) is 26.7. The molecule has 0 aliphatic heterocycles. The molecule has 0 aliphatic rings. The number of ether oxygens (including phenoxy) is 2. The maximum atomic E-state index is 12.5. The van der Waals surface area contributed by atoms with E-state index in [2.05, 4.69) is 41.5 Å². The Hall–Kier alpha value is -0.0100. The summed E-state index contributed by atoms with van der Waals surface area (Å²) in [5.41, 5.74) is 0. The minimum atomic E-state index is -4.41. The Bertz CT molecular complexity index is 867. The van der Waals surface area contributed by atoms with E-state index in [9.17, 15) is 9.46 Å². The third-order valence-electron chi connectivity index (χ3n) is 11.6. The van der Waals surface area contributed by atoms with E-state index in [0.29, 0.717) is 36.8 Å². The predicted octanol–water partition coefficient (Wildman–Crippen LogP) is 14.1. The van der Waals surface area contributed by atoms with E-state index in [1.807, 2.05) is 21.1 Å². The van der Waals surface area contributed by atoms with Crippen molar-refractivity contribution in [3.05, 3.63) is 0 Å². The molecule has 1 unspecified atom stereocenters. The molecule has 338 valence electrons. The van der Waals surface area contributed by atoms with E-state index >= 15 is 0 Å². The van der Waals surface area contributed by atoms with Crippen LogP contribution in [0.1, 0.15) is 221 Å². The fourth-order valence-electron chi connectivity index (χ4n) is 7.48. The highest BCUT2D eigenvalue weighted by Crippen LogP contribution is 2.38. The Kier molecular flexibility index (Phi) is 37.9. The molecule has 0 saturated carbocycles. The largest absolute Gasteiger partial charge is 0.756 e. The van der Waals surface area contributed by atoms with Crippen molar-refractivity contribution in [3.8, 4) is 0 Å². The summed E-state index contributed by atoms with van der Waals surface area (Å²) in [5, 5.41) is 0. The fraction of sp³-hybridized carbons (Fsp3) is 1.00. The van der Waals surface area contributed by atoms with Crippen molar-refractivity contribution in [2.45, 2.75) is 227 Å². The minimum Gasteiger partial charge on any atom is -0.756 e. The highest BCUT2D eigenvalue weighted by molar-refractivity contribution is 7.45. The van der Waals surface area contributed by atoms with Crippen molar-refractivity contribution in [1.29, 1.82) is 0 Å². The molecule has 56 heavy (non-hydrogen) atoms. The Morgan fingerprint density at radius 3 is 1.32 bits per heavy atom. The van der Waals surface area contributed by atoms with Crippen LogP contribution >= 0.6 is 7.82 Å². The van der Waals surface area contributed by atoms with Gasteiger partial charge in [-0.1, -0.05) is 208 Å². The SMILES string of the molecule is CCCCCCCCCCCCCCCCCCCCOC[C@H](COP(=O)([O-])OCC[N+](C)(C)C)OCC[C@@H](C)CCC[C@H](C)CCC[C@H](C)CCCC(C)C. The smallest absolute Gasteiger partial charge is 0.268 e. The first-order valence-corrected chi connectivity index (χ1v) is 25.8. The van der Waals surface area contributed by atoms with E-state index in [-0.39, 0.29) is 13.2 Å². The van der Waals surface area contributed by atoms with E-state index in [1.165, 1.54) is 167 Å². The summed E-state index contributed by atoms with van der Waals surface area (Å²) < 4.78 is 35.7. The molecule has 0 rings (SSSR count). The van der Waals surface area contributed by atoms with Crippen LogP contribution in [0.3, 0.4) is 0 Å². The highest BCUT2D eigenvalue weighted by Gasteiger charge is 2.18. The highest BCUT2D eigenvalue weighted by atomic mass is 31.2. The van der Waals surface area contributed by atoms with Gasteiger partial charge < -0.3 is 27.9 Å². The van der Waals surface area contributed by atoms with Gasteiger partial charge in [-0.3, -0.25) is 4.57 Å². The monoisotopic (exact) mass is 818 g/mol. The van der Waals surface area contributed by atoms with E-state index in [4.69, 9.17) is 18.5 Å². The van der Waals surface area contributed by atoms with Gasteiger partial charge in [0.15, 0.2) is 0 Å². The van der Waals surface area contributed by atoms with Crippen LogP contribution in [0.25, 0.3) is 0 Å². The number of hydrogen-bond donors (Lipinski definition) is 0. The van der Waals surface area contributed by atoms with Crippen LogP contribution in [0.2, 0.25) is 0 Å². The number of nitrogens with zero attached hydrogens (tertiary/aromatic N) is 1. The normalized spacial score (nSPS) is 15.6.